The first-order chi connectivity index (χ1) is 8.98. The highest BCUT2D eigenvalue weighted by Crippen LogP contribution is 2.31. The summed E-state index contributed by atoms with van der Waals surface area (Å²) in [6, 6.07) is 11.5. The highest BCUT2D eigenvalue weighted by molar-refractivity contribution is 5.38. The molecule has 0 aliphatic heterocycles. The molecule has 0 amide bonds. The minimum atomic E-state index is -0.247. The first-order valence-corrected chi connectivity index (χ1v) is 6.50. The average Bonchev–Trinajstić information content (AvgIpc) is 2.89. The van der Waals surface area contributed by atoms with Crippen molar-refractivity contribution in [2.75, 3.05) is 6.61 Å². The number of rotatable bonds is 4. The summed E-state index contributed by atoms with van der Waals surface area (Å²) in [6.07, 6.45) is 1.62. The van der Waals surface area contributed by atoms with Crippen LogP contribution in [0.3, 0.4) is 0 Å². The van der Waals surface area contributed by atoms with Crippen LogP contribution in [0.5, 0.6) is 5.75 Å². The highest BCUT2D eigenvalue weighted by Gasteiger charge is 2.19. The molecule has 1 heterocycles. The van der Waals surface area contributed by atoms with Crippen LogP contribution in [0.2, 0.25) is 0 Å². The normalized spacial score (nSPS) is 13.3. The van der Waals surface area contributed by atoms with Crippen LogP contribution in [-0.4, -0.2) is 6.61 Å². The minimum absolute atomic E-state index is 0.0470. The third-order valence-electron chi connectivity index (χ3n) is 3.02. The van der Waals surface area contributed by atoms with E-state index in [2.05, 4.69) is 26.8 Å². The minimum Gasteiger partial charge on any atom is -0.491 e. The van der Waals surface area contributed by atoms with Gasteiger partial charge < -0.3 is 14.9 Å². The van der Waals surface area contributed by atoms with Crippen molar-refractivity contribution in [1.29, 1.82) is 0 Å². The Labute approximate surface area is 114 Å². The highest BCUT2D eigenvalue weighted by atomic mass is 16.5. The standard InChI is InChI=1S/C16H21NO2/c1-16(2,3)12-7-4-5-8-14(12)19-11-13(17)15-9-6-10-18-15/h4-10,13H,11,17H2,1-3H3. The molecule has 19 heavy (non-hydrogen) atoms. The predicted molar refractivity (Wildman–Crippen MR) is 76.3 cm³/mol. The third-order valence-corrected chi connectivity index (χ3v) is 3.02. The monoisotopic (exact) mass is 259 g/mol. The lowest BCUT2D eigenvalue weighted by Crippen LogP contribution is -2.20. The van der Waals surface area contributed by atoms with Crippen LogP contribution >= 0.6 is 0 Å². The Hall–Kier alpha value is -1.74. The number of hydrogen-bond acceptors (Lipinski definition) is 3. The number of para-hydroxylation sites is 1. The molecule has 0 spiro atoms. The van der Waals surface area contributed by atoms with Crippen molar-refractivity contribution in [3.63, 3.8) is 0 Å². The van der Waals surface area contributed by atoms with Crippen molar-refractivity contribution >= 4 is 0 Å². The molecule has 2 N–H and O–H groups in total. The van der Waals surface area contributed by atoms with E-state index in [9.17, 15) is 0 Å². The van der Waals surface area contributed by atoms with Gasteiger partial charge in [0.05, 0.1) is 12.3 Å². The molecule has 0 bridgehead atoms. The Bertz CT molecular complexity index is 512. The second-order valence-electron chi connectivity index (χ2n) is 5.68. The van der Waals surface area contributed by atoms with Crippen LogP contribution in [0.4, 0.5) is 0 Å². The number of nitrogens with two attached hydrogens (primary N) is 1. The van der Waals surface area contributed by atoms with Gasteiger partial charge in [-0.3, -0.25) is 0 Å². The fourth-order valence-corrected chi connectivity index (χ4v) is 1.98. The van der Waals surface area contributed by atoms with Crippen molar-refractivity contribution in [1.82, 2.24) is 0 Å². The molecule has 0 saturated heterocycles. The fraction of sp³-hybridized carbons (Fsp3) is 0.375. The lowest BCUT2D eigenvalue weighted by molar-refractivity contribution is 0.267. The molecule has 1 aromatic carbocycles. The van der Waals surface area contributed by atoms with Crippen LogP contribution < -0.4 is 10.5 Å². The van der Waals surface area contributed by atoms with Crippen LogP contribution in [0.15, 0.2) is 47.1 Å². The van der Waals surface area contributed by atoms with Gasteiger partial charge >= 0.3 is 0 Å². The summed E-state index contributed by atoms with van der Waals surface area (Å²) in [5.41, 5.74) is 7.26. The van der Waals surface area contributed by atoms with Crippen molar-refractivity contribution in [2.45, 2.75) is 32.2 Å². The summed E-state index contributed by atoms with van der Waals surface area (Å²) in [7, 11) is 0. The Kier molecular flexibility index (Phi) is 3.96. The molecule has 0 saturated carbocycles. The van der Waals surface area contributed by atoms with Gasteiger partial charge in [-0.1, -0.05) is 39.0 Å². The van der Waals surface area contributed by atoms with Crippen molar-refractivity contribution in [3.05, 3.63) is 54.0 Å². The smallest absolute Gasteiger partial charge is 0.123 e. The Morgan fingerprint density at radius 3 is 2.53 bits per heavy atom. The van der Waals surface area contributed by atoms with E-state index in [0.717, 1.165) is 11.5 Å². The third kappa shape index (κ3) is 3.38. The molecule has 1 unspecified atom stereocenters. The molecule has 3 nitrogen and oxygen atoms in total. The predicted octanol–water partition coefficient (Wildman–Crippen LogP) is 3.66. The Morgan fingerprint density at radius 1 is 1.16 bits per heavy atom. The van der Waals surface area contributed by atoms with Gasteiger partial charge in [0.1, 0.15) is 18.1 Å². The molecule has 0 fully saturated rings. The molecule has 1 atom stereocenters. The van der Waals surface area contributed by atoms with E-state index >= 15 is 0 Å². The Balaban J connectivity index is 2.08. The molecule has 102 valence electrons. The van der Waals surface area contributed by atoms with E-state index in [1.807, 2.05) is 30.3 Å². The lowest BCUT2D eigenvalue weighted by atomic mass is 9.86. The van der Waals surface area contributed by atoms with Gasteiger partial charge in [0.2, 0.25) is 0 Å². The molecule has 1 aromatic heterocycles. The number of furan rings is 1. The maximum atomic E-state index is 6.03. The Morgan fingerprint density at radius 2 is 1.89 bits per heavy atom. The van der Waals surface area contributed by atoms with Gasteiger partial charge in [0.15, 0.2) is 0 Å². The van der Waals surface area contributed by atoms with E-state index in [0.29, 0.717) is 6.61 Å². The van der Waals surface area contributed by atoms with Gasteiger partial charge in [-0.2, -0.15) is 0 Å². The van der Waals surface area contributed by atoms with Gasteiger partial charge in [-0.15, -0.1) is 0 Å². The summed E-state index contributed by atoms with van der Waals surface area (Å²) in [5, 5.41) is 0. The van der Waals surface area contributed by atoms with Gasteiger partial charge in [0, 0.05) is 0 Å². The molecule has 2 rings (SSSR count). The van der Waals surface area contributed by atoms with Crippen LogP contribution in [-0.2, 0) is 5.41 Å². The molecular weight excluding hydrogens is 238 g/mol. The van der Waals surface area contributed by atoms with Crippen LogP contribution in [0.25, 0.3) is 0 Å². The van der Waals surface area contributed by atoms with Crippen LogP contribution in [0.1, 0.15) is 38.1 Å². The van der Waals surface area contributed by atoms with Crippen molar-refractivity contribution < 1.29 is 9.15 Å². The van der Waals surface area contributed by atoms with Gasteiger partial charge in [0.25, 0.3) is 0 Å². The van der Waals surface area contributed by atoms with Gasteiger partial charge in [-0.05, 0) is 29.2 Å². The molecule has 0 radical (unpaired) electrons. The van der Waals surface area contributed by atoms with Crippen molar-refractivity contribution in [3.8, 4) is 5.75 Å². The number of ether oxygens (including phenoxy) is 1. The van der Waals surface area contributed by atoms with E-state index in [4.69, 9.17) is 14.9 Å². The number of benzene rings is 1. The molecule has 0 aliphatic rings. The fourth-order valence-electron chi connectivity index (χ4n) is 1.98. The topological polar surface area (TPSA) is 48.4 Å². The van der Waals surface area contributed by atoms with Crippen LogP contribution in [0, 0.1) is 0 Å². The zero-order valence-electron chi connectivity index (χ0n) is 11.7. The summed E-state index contributed by atoms with van der Waals surface area (Å²) in [5.74, 6) is 1.63. The second-order valence-corrected chi connectivity index (χ2v) is 5.68. The van der Waals surface area contributed by atoms with E-state index in [-0.39, 0.29) is 11.5 Å². The van der Waals surface area contributed by atoms with E-state index < -0.39 is 0 Å². The molecule has 2 aromatic rings. The zero-order chi connectivity index (χ0) is 13.9. The van der Waals surface area contributed by atoms with Gasteiger partial charge in [-0.25, -0.2) is 0 Å². The van der Waals surface area contributed by atoms with E-state index in [1.165, 1.54) is 5.56 Å². The maximum absolute atomic E-state index is 6.03. The number of hydrogen-bond donors (Lipinski definition) is 1. The average molecular weight is 259 g/mol. The summed E-state index contributed by atoms with van der Waals surface area (Å²) < 4.78 is 11.1. The second kappa shape index (κ2) is 5.49. The first-order valence-electron chi connectivity index (χ1n) is 6.50. The van der Waals surface area contributed by atoms with Crippen molar-refractivity contribution in [2.24, 2.45) is 5.73 Å². The quantitative estimate of drug-likeness (QED) is 0.911. The maximum Gasteiger partial charge on any atom is 0.123 e. The molecule has 0 aliphatic carbocycles. The first kappa shape index (κ1) is 13.7. The lowest BCUT2D eigenvalue weighted by Gasteiger charge is -2.23. The zero-order valence-corrected chi connectivity index (χ0v) is 11.7. The largest absolute Gasteiger partial charge is 0.491 e. The molecule has 3 heteroatoms. The van der Waals surface area contributed by atoms with E-state index in [1.54, 1.807) is 6.26 Å². The summed E-state index contributed by atoms with van der Waals surface area (Å²) in [4.78, 5) is 0. The summed E-state index contributed by atoms with van der Waals surface area (Å²) in [6.45, 7) is 6.91. The summed E-state index contributed by atoms with van der Waals surface area (Å²) >= 11 is 0. The molecular formula is C16H21NO2. The SMILES string of the molecule is CC(C)(C)c1ccccc1OCC(N)c1ccco1.